The van der Waals surface area contributed by atoms with Gasteiger partial charge >= 0.3 is 5.97 Å². The van der Waals surface area contributed by atoms with Crippen LogP contribution in [-0.4, -0.2) is 36.6 Å². The third-order valence-electron chi connectivity index (χ3n) is 2.26. The van der Waals surface area contributed by atoms with E-state index in [4.69, 9.17) is 5.11 Å². The summed E-state index contributed by atoms with van der Waals surface area (Å²) in [6.45, 7) is 4.53. The first-order valence-electron chi connectivity index (χ1n) is 5.64. The number of carboxylic acids is 1. The number of rotatable bonds is 8. The zero-order valence-electron chi connectivity index (χ0n) is 10.2. The molecule has 5 nitrogen and oxygen atoms in total. The van der Waals surface area contributed by atoms with Gasteiger partial charge in [-0.05, 0) is 25.3 Å². The summed E-state index contributed by atoms with van der Waals surface area (Å²) in [5.74, 6) is -0.501. The molecule has 0 aromatic rings. The van der Waals surface area contributed by atoms with Gasteiger partial charge in [-0.15, -0.1) is 0 Å². The Hall–Kier alpha value is -1.10. The summed E-state index contributed by atoms with van der Waals surface area (Å²) in [6.07, 6.45) is 1.69. The molecular formula is C11H22N2O3. The summed E-state index contributed by atoms with van der Waals surface area (Å²) in [6, 6.07) is -0.510. The molecule has 0 aliphatic rings. The summed E-state index contributed by atoms with van der Waals surface area (Å²) in [7, 11) is 1.59. The van der Waals surface area contributed by atoms with Crippen LogP contribution in [0.4, 0.5) is 0 Å². The van der Waals surface area contributed by atoms with Gasteiger partial charge in [0.2, 0.25) is 5.91 Å². The van der Waals surface area contributed by atoms with E-state index in [0.717, 1.165) is 0 Å². The Labute approximate surface area is 96.6 Å². The highest BCUT2D eigenvalue weighted by Crippen LogP contribution is 2.05. The Morgan fingerprint density at radius 3 is 2.38 bits per heavy atom. The fraction of sp³-hybridized carbons (Fsp3) is 0.818. The van der Waals surface area contributed by atoms with Crippen molar-refractivity contribution in [2.24, 2.45) is 5.92 Å². The first-order valence-corrected chi connectivity index (χ1v) is 5.64. The van der Waals surface area contributed by atoms with Crippen molar-refractivity contribution in [3.05, 3.63) is 0 Å². The van der Waals surface area contributed by atoms with Crippen LogP contribution in [0.1, 0.15) is 33.1 Å². The SMILES string of the molecule is CNC(=O)CCCNC(CC(C)C)C(=O)O. The summed E-state index contributed by atoms with van der Waals surface area (Å²) in [5, 5.41) is 14.4. The van der Waals surface area contributed by atoms with Gasteiger partial charge in [0.15, 0.2) is 0 Å². The normalized spacial score (nSPS) is 12.5. The van der Waals surface area contributed by atoms with Crippen molar-refractivity contribution in [3.8, 4) is 0 Å². The summed E-state index contributed by atoms with van der Waals surface area (Å²) in [4.78, 5) is 21.8. The molecule has 1 amide bonds. The molecule has 0 saturated carbocycles. The van der Waals surface area contributed by atoms with Gasteiger partial charge in [-0.1, -0.05) is 13.8 Å². The van der Waals surface area contributed by atoms with Crippen molar-refractivity contribution in [3.63, 3.8) is 0 Å². The lowest BCUT2D eigenvalue weighted by Crippen LogP contribution is -2.38. The van der Waals surface area contributed by atoms with Crippen molar-refractivity contribution in [2.45, 2.75) is 39.2 Å². The average molecular weight is 230 g/mol. The number of hydrogen-bond acceptors (Lipinski definition) is 3. The predicted octanol–water partition coefficient (Wildman–Crippen LogP) is 0.601. The maximum Gasteiger partial charge on any atom is 0.320 e. The molecule has 16 heavy (non-hydrogen) atoms. The Kier molecular flexibility index (Phi) is 7.54. The van der Waals surface area contributed by atoms with E-state index >= 15 is 0 Å². The average Bonchev–Trinajstić information content (AvgIpc) is 2.21. The number of carbonyl (C=O) groups is 2. The van der Waals surface area contributed by atoms with E-state index < -0.39 is 12.0 Å². The van der Waals surface area contributed by atoms with Gasteiger partial charge in [-0.2, -0.15) is 0 Å². The molecule has 0 bridgehead atoms. The molecule has 0 aliphatic heterocycles. The third-order valence-corrected chi connectivity index (χ3v) is 2.26. The number of carbonyl (C=O) groups excluding carboxylic acids is 1. The minimum atomic E-state index is -0.825. The van der Waals surface area contributed by atoms with E-state index in [1.165, 1.54) is 0 Å². The maximum atomic E-state index is 10.9. The summed E-state index contributed by atoms with van der Waals surface area (Å²) in [5.41, 5.74) is 0. The highest BCUT2D eigenvalue weighted by molar-refractivity contribution is 5.75. The first-order chi connectivity index (χ1) is 7.47. The zero-order chi connectivity index (χ0) is 12.6. The third kappa shape index (κ3) is 7.23. The Balaban J connectivity index is 3.77. The predicted molar refractivity (Wildman–Crippen MR) is 62.2 cm³/mol. The highest BCUT2D eigenvalue weighted by Gasteiger charge is 2.17. The number of amides is 1. The minimum absolute atomic E-state index is 0.0162. The van der Waals surface area contributed by atoms with Crippen LogP contribution in [0, 0.1) is 5.92 Å². The fourth-order valence-electron chi connectivity index (χ4n) is 1.39. The first kappa shape index (κ1) is 14.9. The van der Waals surface area contributed by atoms with Crippen molar-refractivity contribution < 1.29 is 14.7 Å². The van der Waals surface area contributed by atoms with Gasteiger partial charge < -0.3 is 15.7 Å². The number of nitrogens with one attached hydrogen (secondary N) is 2. The molecule has 1 atom stereocenters. The molecule has 0 heterocycles. The van der Waals surface area contributed by atoms with Crippen LogP contribution in [0.25, 0.3) is 0 Å². The van der Waals surface area contributed by atoms with Gasteiger partial charge in [0.25, 0.3) is 0 Å². The second-order valence-corrected chi connectivity index (χ2v) is 4.25. The summed E-state index contributed by atoms with van der Waals surface area (Å²) < 4.78 is 0. The minimum Gasteiger partial charge on any atom is -0.480 e. The molecule has 0 aliphatic carbocycles. The van der Waals surface area contributed by atoms with E-state index in [0.29, 0.717) is 31.7 Å². The van der Waals surface area contributed by atoms with Crippen molar-refractivity contribution in [2.75, 3.05) is 13.6 Å². The van der Waals surface area contributed by atoms with Crippen LogP contribution in [0.5, 0.6) is 0 Å². The molecule has 0 fully saturated rings. The highest BCUT2D eigenvalue weighted by atomic mass is 16.4. The molecule has 3 N–H and O–H groups in total. The van der Waals surface area contributed by atoms with Crippen LogP contribution < -0.4 is 10.6 Å². The molecule has 94 valence electrons. The topological polar surface area (TPSA) is 78.4 Å². The van der Waals surface area contributed by atoms with Gasteiger partial charge in [-0.25, -0.2) is 0 Å². The molecule has 0 saturated heterocycles. The van der Waals surface area contributed by atoms with E-state index in [1.807, 2.05) is 13.8 Å². The molecule has 0 radical (unpaired) electrons. The largest absolute Gasteiger partial charge is 0.480 e. The van der Waals surface area contributed by atoms with Gasteiger partial charge in [0.1, 0.15) is 6.04 Å². The smallest absolute Gasteiger partial charge is 0.320 e. The van der Waals surface area contributed by atoms with Crippen molar-refractivity contribution >= 4 is 11.9 Å². The number of carboxylic acid groups (broad SMARTS) is 1. The lowest BCUT2D eigenvalue weighted by molar-refractivity contribution is -0.139. The van der Waals surface area contributed by atoms with Crippen LogP contribution in [0.3, 0.4) is 0 Å². The van der Waals surface area contributed by atoms with Crippen molar-refractivity contribution in [1.82, 2.24) is 10.6 Å². The Bertz CT molecular complexity index is 229. The standard InChI is InChI=1S/C11H22N2O3/c1-8(2)7-9(11(15)16)13-6-4-5-10(14)12-3/h8-9,13H,4-7H2,1-3H3,(H,12,14)(H,15,16). The van der Waals surface area contributed by atoms with Crippen molar-refractivity contribution in [1.29, 1.82) is 0 Å². The Morgan fingerprint density at radius 1 is 1.31 bits per heavy atom. The van der Waals surface area contributed by atoms with Crippen LogP contribution in [-0.2, 0) is 9.59 Å². The summed E-state index contributed by atoms with van der Waals surface area (Å²) >= 11 is 0. The van der Waals surface area contributed by atoms with Gasteiger partial charge in [0.05, 0.1) is 0 Å². The molecule has 0 aromatic heterocycles. The maximum absolute atomic E-state index is 10.9. The van der Waals surface area contributed by atoms with Crippen LogP contribution >= 0.6 is 0 Å². The monoisotopic (exact) mass is 230 g/mol. The van der Waals surface area contributed by atoms with Crippen LogP contribution in [0.2, 0.25) is 0 Å². The number of aliphatic carboxylic acids is 1. The van der Waals surface area contributed by atoms with Crippen LogP contribution in [0.15, 0.2) is 0 Å². The van der Waals surface area contributed by atoms with E-state index in [2.05, 4.69) is 10.6 Å². The van der Waals surface area contributed by atoms with E-state index in [1.54, 1.807) is 7.05 Å². The van der Waals surface area contributed by atoms with E-state index in [-0.39, 0.29) is 5.91 Å². The van der Waals surface area contributed by atoms with Gasteiger partial charge in [-0.3, -0.25) is 9.59 Å². The molecular weight excluding hydrogens is 208 g/mol. The lowest BCUT2D eigenvalue weighted by Gasteiger charge is -2.16. The Morgan fingerprint density at radius 2 is 1.94 bits per heavy atom. The lowest BCUT2D eigenvalue weighted by atomic mass is 10.0. The number of hydrogen-bond donors (Lipinski definition) is 3. The second kappa shape index (κ2) is 8.10. The van der Waals surface area contributed by atoms with Gasteiger partial charge in [0, 0.05) is 13.5 Å². The van der Waals surface area contributed by atoms with E-state index in [9.17, 15) is 9.59 Å². The fourth-order valence-corrected chi connectivity index (χ4v) is 1.39. The zero-order valence-corrected chi connectivity index (χ0v) is 10.2. The molecule has 0 spiro atoms. The molecule has 0 rings (SSSR count). The second-order valence-electron chi connectivity index (χ2n) is 4.25. The molecule has 5 heteroatoms. The quantitative estimate of drug-likeness (QED) is 0.534. The molecule has 1 unspecified atom stereocenters. The molecule has 0 aromatic carbocycles.